The van der Waals surface area contributed by atoms with Crippen LogP contribution >= 0.6 is 0 Å². The number of hydrogen-bond acceptors (Lipinski definition) is 2. The van der Waals surface area contributed by atoms with Crippen molar-refractivity contribution in [1.82, 2.24) is 9.88 Å². The van der Waals surface area contributed by atoms with Gasteiger partial charge in [0.1, 0.15) is 0 Å². The molecule has 0 radical (unpaired) electrons. The predicted molar refractivity (Wildman–Crippen MR) is 82.7 cm³/mol. The summed E-state index contributed by atoms with van der Waals surface area (Å²) >= 11 is 0. The fraction of sp³-hybridized carbons (Fsp3) is 0.389. The van der Waals surface area contributed by atoms with Gasteiger partial charge in [-0.2, -0.15) is 0 Å². The highest BCUT2D eigenvalue weighted by molar-refractivity contribution is 5.33. The van der Waals surface area contributed by atoms with E-state index in [0.29, 0.717) is 5.56 Å². The minimum absolute atomic E-state index is 0.00231. The Balaban J connectivity index is 2.12. The number of benzene rings is 1. The summed E-state index contributed by atoms with van der Waals surface area (Å²) < 4.78 is 28.0. The van der Waals surface area contributed by atoms with Crippen molar-refractivity contribution >= 4 is 0 Å². The quantitative estimate of drug-likeness (QED) is 0.777. The zero-order valence-electron chi connectivity index (χ0n) is 12.9. The van der Waals surface area contributed by atoms with Crippen LogP contribution in [0.3, 0.4) is 0 Å². The number of nitrogens with zero attached hydrogens (tertiary/aromatic N) is 2. The molecule has 2 aromatic rings. The largest absolute Gasteiger partial charge is 0.302 e. The summed E-state index contributed by atoms with van der Waals surface area (Å²) in [4.78, 5) is 6.57. The van der Waals surface area contributed by atoms with E-state index in [-0.39, 0.29) is 12.0 Å². The Kier molecular flexibility index (Phi) is 4.21. The molecule has 2 nitrogen and oxygen atoms in total. The second-order valence-electron chi connectivity index (χ2n) is 6.09. The van der Waals surface area contributed by atoms with Crippen molar-refractivity contribution in [1.29, 1.82) is 0 Å². The van der Waals surface area contributed by atoms with Gasteiger partial charge in [0.15, 0.2) is 11.6 Å². The van der Waals surface area contributed by atoms with Gasteiger partial charge in [-0.1, -0.05) is 18.2 Å². The lowest BCUT2D eigenvalue weighted by atomic mass is 9.84. The number of rotatable bonds is 2. The molecule has 0 saturated heterocycles. The maximum atomic E-state index is 14.3. The van der Waals surface area contributed by atoms with Crippen LogP contribution in [0.1, 0.15) is 41.6 Å². The van der Waals surface area contributed by atoms with E-state index in [9.17, 15) is 8.78 Å². The van der Waals surface area contributed by atoms with Crippen LogP contribution in [-0.2, 0) is 6.42 Å². The van der Waals surface area contributed by atoms with Crippen molar-refractivity contribution in [3.05, 3.63) is 65.0 Å². The first-order valence-electron chi connectivity index (χ1n) is 7.63. The zero-order chi connectivity index (χ0) is 15.7. The van der Waals surface area contributed by atoms with Gasteiger partial charge in [-0.05, 0) is 56.6 Å². The van der Waals surface area contributed by atoms with Gasteiger partial charge in [0.2, 0.25) is 0 Å². The molecule has 0 unspecified atom stereocenters. The molecule has 116 valence electrons. The lowest BCUT2D eigenvalue weighted by Gasteiger charge is -2.32. The maximum Gasteiger partial charge on any atom is 0.162 e. The normalized spacial score (nSPS) is 21.5. The van der Waals surface area contributed by atoms with E-state index >= 15 is 0 Å². The molecule has 0 bridgehead atoms. The van der Waals surface area contributed by atoms with Crippen LogP contribution in [0.25, 0.3) is 0 Å². The molecule has 22 heavy (non-hydrogen) atoms. The molecule has 1 aliphatic carbocycles. The fourth-order valence-corrected chi connectivity index (χ4v) is 3.56. The van der Waals surface area contributed by atoms with E-state index in [1.54, 1.807) is 18.3 Å². The maximum absolute atomic E-state index is 14.3. The first kappa shape index (κ1) is 15.1. The van der Waals surface area contributed by atoms with Gasteiger partial charge in [0.05, 0.1) is 0 Å². The van der Waals surface area contributed by atoms with Crippen molar-refractivity contribution in [3.63, 3.8) is 0 Å². The molecule has 1 aliphatic rings. The molecule has 4 heteroatoms. The van der Waals surface area contributed by atoms with Crippen molar-refractivity contribution in [2.45, 2.75) is 31.2 Å². The van der Waals surface area contributed by atoms with Gasteiger partial charge < -0.3 is 4.90 Å². The van der Waals surface area contributed by atoms with E-state index < -0.39 is 11.6 Å². The zero-order valence-corrected chi connectivity index (χ0v) is 12.9. The van der Waals surface area contributed by atoms with Crippen LogP contribution in [0.4, 0.5) is 8.78 Å². The smallest absolute Gasteiger partial charge is 0.162 e. The van der Waals surface area contributed by atoms with Gasteiger partial charge in [0.25, 0.3) is 0 Å². The molecule has 0 saturated carbocycles. The molecule has 3 rings (SSSR count). The Labute approximate surface area is 129 Å². The molecule has 1 aromatic heterocycles. The first-order valence-corrected chi connectivity index (χ1v) is 7.63. The van der Waals surface area contributed by atoms with Crippen molar-refractivity contribution < 1.29 is 8.78 Å². The Morgan fingerprint density at radius 2 is 1.86 bits per heavy atom. The van der Waals surface area contributed by atoms with Crippen molar-refractivity contribution in [2.75, 3.05) is 14.1 Å². The monoisotopic (exact) mass is 302 g/mol. The molecule has 0 fully saturated rings. The average molecular weight is 302 g/mol. The van der Waals surface area contributed by atoms with Gasteiger partial charge >= 0.3 is 0 Å². The second kappa shape index (κ2) is 6.13. The summed E-state index contributed by atoms with van der Waals surface area (Å²) in [6.07, 6.45) is 4.43. The van der Waals surface area contributed by atoms with Gasteiger partial charge in [0, 0.05) is 23.9 Å². The molecule has 0 amide bonds. The summed E-state index contributed by atoms with van der Waals surface area (Å²) in [7, 11) is 3.97. The third kappa shape index (κ3) is 2.63. The van der Waals surface area contributed by atoms with Crippen LogP contribution < -0.4 is 0 Å². The summed E-state index contributed by atoms with van der Waals surface area (Å²) in [5.74, 6) is -1.56. The van der Waals surface area contributed by atoms with E-state index in [4.69, 9.17) is 0 Å². The fourth-order valence-electron chi connectivity index (χ4n) is 3.56. The number of pyridine rings is 1. The van der Waals surface area contributed by atoms with Crippen LogP contribution in [0.15, 0.2) is 36.5 Å². The van der Waals surface area contributed by atoms with Gasteiger partial charge in [-0.25, -0.2) is 8.78 Å². The van der Waals surface area contributed by atoms with Gasteiger partial charge in [-0.15, -0.1) is 0 Å². The number of aryl methyl sites for hydroxylation is 1. The number of aromatic nitrogens is 1. The standard InChI is InChI=1S/C18H20F2N2/c1-22(2)18-13(12-6-3-9-15(19)17(12)20)7-4-10-16-14(18)8-5-11-21-16/h3,5-6,8-9,11,13,18H,4,7,10H2,1-2H3/t13-,18-/m0/s1. The molecule has 0 spiro atoms. The highest BCUT2D eigenvalue weighted by atomic mass is 19.2. The van der Waals surface area contributed by atoms with Gasteiger partial charge in [-0.3, -0.25) is 4.98 Å². The van der Waals surface area contributed by atoms with Crippen LogP contribution in [0, 0.1) is 11.6 Å². The Bertz CT molecular complexity index is 670. The number of likely N-dealkylation sites (N-methyl/N-ethyl adjacent to an activating group) is 1. The molecular weight excluding hydrogens is 282 g/mol. The Morgan fingerprint density at radius 3 is 2.64 bits per heavy atom. The highest BCUT2D eigenvalue weighted by Gasteiger charge is 2.33. The number of hydrogen-bond donors (Lipinski definition) is 0. The van der Waals surface area contributed by atoms with E-state index in [2.05, 4.69) is 16.0 Å². The lowest BCUT2D eigenvalue weighted by molar-refractivity contribution is 0.247. The first-order chi connectivity index (χ1) is 10.6. The summed E-state index contributed by atoms with van der Waals surface area (Å²) in [6, 6.07) is 8.46. The predicted octanol–water partition coefficient (Wildman–Crippen LogP) is 4.08. The van der Waals surface area contributed by atoms with E-state index in [1.807, 2.05) is 20.2 Å². The lowest BCUT2D eigenvalue weighted by Crippen LogP contribution is -2.27. The molecule has 0 N–H and O–H groups in total. The average Bonchev–Trinajstić information content (AvgIpc) is 2.69. The van der Waals surface area contributed by atoms with Crippen molar-refractivity contribution in [2.24, 2.45) is 0 Å². The Morgan fingerprint density at radius 1 is 1.09 bits per heavy atom. The topological polar surface area (TPSA) is 16.1 Å². The summed E-state index contributed by atoms with van der Waals surface area (Å²) in [6.45, 7) is 0. The minimum Gasteiger partial charge on any atom is -0.302 e. The minimum atomic E-state index is -0.773. The summed E-state index contributed by atoms with van der Waals surface area (Å²) in [5.41, 5.74) is 2.66. The van der Waals surface area contributed by atoms with Crippen LogP contribution in [0.5, 0.6) is 0 Å². The number of fused-ring (bicyclic) bond motifs is 1. The molecule has 1 aromatic carbocycles. The third-order valence-electron chi connectivity index (χ3n) is 4.49. The highest BCUT2D eigenvalue weighted by Crippen LogP contribution is 2.42. The SMILES string of the molecule is CN(C)[C@@H]1c2cccnc2CCC[C@H]1c1cccc(F)c1F. The van der Waals surface area contributed by atoms with E-state index in [1.165, 1.54) is 6.07 Å². The molecular formula is C18H20F2N2. The molecule has 1 heterocycles. The molecule has 0 aliphatic heterocycles. The van der Waals surface area contributed by atoms with Crippen molar-refractivity contribution in [3.8, 4) is 0 Å². The third-order valence-corrected chi connectivity index (χ3v) is 4.49. The van der Waals surface area contributed by atoms with Crippen LogP contribution in [-0.4, -0.2) is 24.0 Å². The number of halogens is 2. The second-order valence-corrected chi connectivity index (χ2v) is 6.09. The summed E-state index contributed by atoms with van der Waals surface area (Å²) in [5, 5.41) is 0. The van der Waals surface area contributed by atoms with Crippen LogP contribution in [0.2, 0.25) is 0 Å². The molecule has 2 atom stereocenters. The van der Waals surface area contributed by atoms with E-state index in [0.717, 1.165) is 30.5 Å². The Hall–Kier alpha value is -1.81.